The Morgan fingerprint density at radius 3 is 2.89 bits per heavy atom. The summed E-state index contributed by atoms with van der Waals surface area (Å²) in [5.41, 5.74) is 7.56. The SMILES string of the molecule is CN1CCC[C@H]1COc1nc(-c2noc(C3(C)CCc4sc(N)c(C#N)c43)n2)cc(N2CCNCC2)n1. The maximum atomic E-state index is 9.73. The molecule has 5 heterocycles. The molecule has 2 aliphatic heterocycles. The Balaban J connectivity index is 1.33. The summed E-state index contributed by atoms with van der Waals surface area (Å²) in [6.45, 7) is 7.13. The zero-order chi connectivity index (χ0) is 25.6. The number of ether oxygens (including phenoxy) is 1. The Kier molecular flexibility index (Phi) is 6.22. The lowest BCUT2D eigenvalue weighted by molar-refractivity contribution is 0.188. The molecule has 3 N–H and O–H groups in total. The average Bonchev–Trinajstić information content (AvgIpc) is 3.69. The highest BCUT2D eigenvalue weighted by Crippen LogP contribution is 2.50. The van der Waals surface area contributed by atoms with Crippen LogP contribution in [-0.2, 0) is 11.8 Å². The van der Waals surface area contributed by atoms with Crippen LogP contribution < -0.4 is 20.7 Å². The van der Waals surface area contributed by atoms with Gasteiger partial charge in [0.2, 0.25) is 11.7 Å². The van der Waals surface area contributed by atoms with Crippen LogP contribution >= 0.6 is 11.3 Å². The maximum Gasteiger partial charge on any atom is 0.319 e. The van der Waals surface area contributed by atoms with Crippen LogP contribution in [0.5, 0.6) is 6.01 Å². The van der Waals surface area contributed by atoms with Crippen LogP contribution in [0.1, 0.15) is 48.1 Å². The third-order valence-corrected chi connectivity index (χ3v) is 8.94. The van der Waals surface area contributed by atoms with Gasteiger partial charge in [-0.15, -0.1) is 11.3 Å². The maximum absolute atomic E-state index is 9.73. The second-order valence-electron chi connectivity index (χ2n) is 10.2. The molecule has 11 nitrogen and oxygen atoms in total. The van der Waals surface area contributed by atoms with Crippen molar-refractivity contribution in [3.8, 4) is 23.6 Å². The topological polar surface area (TPSA) is 142 Å². The molecule has 0 spiro atoms. The smallest absolute Gasteiger partial charge is 0.319 e. The minimum atomic E-state index is -0.569. The van der Waals surface area contributed by atoms with Crippen LogP contribution in [0.4, 0.5) is 10.8 Å². The summed E-state index contributed by atoms with van der Waals surface area (Å²) < 4.78 is 11.9. The monoisotopic (exact) mass is 521 g/mol. The molecule has 3 aromatic rings. The molecule has 2 fully saturated rings. The molecule has 194 valence electrons. The van der Waals surface area contributed by atoms with E-state index in [1.54, 1.807) is 0 Å². The molecule has 0 bridgehead atoms. The number of likely N-dealkylation sites (N-methyl/N-ethyl adjacent to an activating group) is 1. The van der Waals surface area contributed by atoms with Crippen molar-refractivity contribution in [2.75, 3.05) is 57.0 Å². The number of piperazine rings is 1. The summed E-state index contributed by atoms with van der Waals surface area (Å²) >= 11 is 1.48. The second kappa shape index (κ2) is 9.55. The number of nitrogens with one attached hydrogen (secondary N) is 1. The van der Waals surface area contributed by atoms with E-state index in [1.807, 2.05) is 13.0 Å². The molecule has 1 unspecified atom stereocenters. The molecule has 0 saturated carbocycles. The van der Waals surface area contributed by atoms with Crippen LogP contribution in [0.3, 0.4) is 0 Å². The lowest BCUT2D eigenvalue weighted by Gasteiger charge is -2.28. The van der Waals surface area contributed by atoms with Gasteiger partial charge in [0, 0.05) is 48.7 Å². The molecule has 12 heteroatoms. The number of nitrogens with two attached hydrogens (primary N) is 1. The first-order valence-electron chi connectivity index (χ1n) is 12.8. The van der Waals surface area contributed by atoms with E-state index in [9.17, 15) is 5.26 Å². The lowest BCUT2D eigenvalue weighted by Crippen LogP contribution is -2.44. The number of nitrogen functional groups attached to an aromatic ring is 1. The first-order valence-corrected chi connectivity index (χ1v) is 13.6. The largest absolute Gasteiger partial charge is 0.462 e. The Hall–Kier alpha value is -3.27. The van der Waals surface area contributed by atoms with E-state index in [4.69, 9.17) is 25.0 Å². The Morgan fingerprint density at radius 2 is 2.14 bits per heavy atom. The zero-order valence-corrected chi connectivity index (χ0v) is 22.0. The molecular formula is C25H31N9O2S. The van der Waals surface area contributed by atoms with E-state index in [-0.39, 0.29) is 0 Å². The first kappa shape index (κ1) is 24.1. The summed E-state index contributed by atoms with van der Waals surface area (Å²) in [6.07, 6.45) is 3.89. The Labute approximate surface area is 219 Å². The van der Waals surface area contributed by atoms with Gasteiger partial charge in [-0.2, -0.15) is 20.2 Å². The highest BCUT2D eigenvalue weighted by Gasteiger charge is 2.45. The van der Waals surface area contributed by atoms with Crippen LogP contribution in [0.2, 0.25) is 0 Å². The van der Waals surface area contributed by atoms with Gasteiger partial charge in [-0.3, -0.25) is 0 Å². The normalized spacial score (nSPS) is 23.8. The van der Waals surface area contributed by atoms with E-state index in [0.717, 1.165) is 68.2 Å². The van der Waals surface area contributed by atoms with E-state index in [0.29, 0.717) is 46.6 Å². The minimum absolute atomic E-state index is 0.324. The third-order valence-electron chi connectivity index (χ3n) is 7.86. The molecule has 0 amide bonds. The van der Waals surface area contributed by atoms with Gasteiger partial charge in [-0.05, 0) is 46.2 Å². The number of likely N-dealkylation sites (tertiary alicyclic amines) is 1. The van der Waals surface area contributed by atoms with Gasteiger partial charge in [0.15, 0.2) is 0 Å². The van der Waals surface area contributed by atoms with Crippen LogP contribution in [0.25, 0.3) is 11.5 Å². The van der Waals surface area contributed by atoms with Crippen molar-refractivity contribution in [1.82, 2.24) is 30.3 Å². The van der Waals surface area contributed by atoms with Gasteiger partial charge < -0.3 is 30.1 Å². The number of aryl methyl sites for hydroxylation is 1. The summed E-state index contributed by atoms with van der Waals surface area (Å²) in [6, 6.07) is 4.86. The highest BCUT2D eigenvalue weighted by molar-refractivity contribution is 7.16. The van der Waals surface area contributed by atoms with Crippen molar-refractivity contribution in [3.63, 3.8) is 0 Å². The number of thiophene rings is 1. The standard InChI is InChI=1S/C25H31N9O2S/c1-25(6-5-18-20(25)16(13-26)21(27)37-18)23-31-22(32-36-23)17-12-19(34-10-7-28-8-11-34)30-24(29-17)35-14-15-4-3-9-33(15)2/h12,15,28H,3-11,14,27H2,1-2H3/t15-,25?/m0/s1. The van der Waals surface area contributed by atoms with Gasteiger partial charge in [-0.1, -0.05) is 5.16 Å². The Bertz CT molecular complexity index is 1340. The first-order chi connectivity index (χ1) is 18.0. The molecule has 2 atom stereocenters. The molecule has 3 aliphatic rings. The number of nitrogens with zero attached hydrogens (tertiary/aromatic N) is 7. The van der Waals surface area contributed by atoms with Crippen molar-refractivity contribution in [1.29, 1.82) is 5.26 Å². The Morgan fingerprint density at radius 1 is 1.30 bits per heavy atom. The fourth-order valence-electron chi connectivity index (χ4n) is 5.63. The van der Waals surface area contributed by atoms with Crippen LogP contribution in [0, 0.1) is 11.3 Å². The van der Waals surface area contributed by atoms with Crippen LogP contribution in [-0.4, -0.2) is 77.4 Å². The fourth-order valence-corrected chi connectivity index (χ4v) is 6.78. The molecule has 37 heavy (non-hydrogen) atoms. The van der Waals surface area contributed by atoms with Gasteiger partial charge in [-0.25, -0.2) is 0 Å². The number of anilines is 2. The van der Waals surface area contributed by atoms with Crippen LogP contribution in [0.15, 0.2) is 10.6 Å². The predicted octanol–water partition coefficient (Wildman–Crippen LogP) is 2.18. The summed E-state index contributed by atoms with van der Waals surface area (Å²) in [5.74, 6) is 1.64. The summed E-state index contributed by atoms with van der Waals surface area (Å²) in [7, 11) is 2.12. The molecule has 0 aromatic carbocycles. The zero-order valence-electron chi connectivity index (χ0n) is 21.2. The van der Waals surface area contributed by atoms with Crippen molar-refractivity contribution >= 4 is 22.2 Å². The van der Waals surface area contributed by atoms with Gasteiger partial charge in [0.05, 0.1) is 11.0 Å². The van der Waals surface area contributed by atoms with Gasteiger partial charge >= 0.3 is 6.01 Å². The van der Waals surface area contributed by atoms with E-state index in [1.165, 1.54) is 17.8 Å². The van der Waals surface area contributed by atoms with E-state index < -0.39 is 5.41 Å². The summed E-state index contributed by atoms with van der Waals surface area (Å²) in [5, 5.41) is 18.0. The van der Waals surface area contributed by atoms with E-state index >= 15 is 0 Å². The number of hydrogen-bond donors (Lipinski definition) is 2. The lowest BCUT2D eigenvalue weighted by atomic mass is 9.83. The van der Waals surface area contributed by atoms with Crippen molar-refractivity contribution in [3.05, 3.63) is 28.0 Å². The minimum Gasteiger partial charge on any atom is -0.462 e. The number of fused-ring (bicyclic) bond motifs is 1. The average molecular weight is 522 g/mol. The van der Waals surface area contributed by atoms with Gasteiger partial charge in [0.1, 0.15) is 29.2 Å². The summed E-state index contributed by atoms with van der Waals surface area (Å²) in [4.78, 5) is 19.8. The number of rotatable bonds is 6. The van der Waals surface area contributed by atoms with Crippen molar-refractivity contribution in [2.24, 2.45) is 0 Å². The predicted molar refractivity (Wildman–Crippen MR) is 140 cm³/mol. The van der Waals surface area contributed by atoms with Crippen molar-refractivity contribution in [2.45, 2.75) is 44.1 Å². The number of hydrogen-bond acceptors (Lipinski definition) is 12. The van der Waals surface area contributed by atoms with Gasteiger partial charge in [0.25, 0.3) is 0 Å². The third kappa shape index (κ3) is 4.31. The second-order valence-corrected chi connectivity index (χ2v) is 11.4. The molecular weight excluding hydrogens is 490 g/mol. The number of nitriles is 1. The van der Waals surface area contributed by atoms with Crippen molar-refractivity contribution < 1.29 is 9.26 Å². The van der Waals surface area contributed by atoms with E-state index in [2.05, 4.69) is 38.4 Å². The molecule has 2 saturated heterocycles. The molecule has 1 aliphatic carbocycles. The molecule has 6 rings (SSSR count). The fraction of sp³-hybridized carbons (Fsp3) is 0.560. The molecule has 0 radical (unpaired) electrons. The number of aromatic nitrogens is 4. The highest BCUT2D eigenvalue weighted by atomic mass is 32.1. The quantitative estimate of drug-likeness (QED) is 0.493. The molecule has 3 aromatic heterocycles.